The van der Waals surface area contributed by atoms with Crippen molar-refractivity contribution in [1.82, 2.24) is 15.1 Å². The molecule has 3 rings (SSSR count). The summed E-state index contributed by atoms with van der Waals surface area (Å²) in [6.45, 7) is 9.61. The second kappa shape index (κ2) is 7.21. The van der Waals surface area contributed by atoms with E-state index in [0.29, 0.717) is 0 Å². The summed E-state index contributed by atoms with van der Waals surface area (Å²) in [5.74, 6) is 0. The summed E-state index contributed by atoms with van der Waals surface area (Å²) in [5, 5.41) is 3.42. The Kier molecular flexibility index (Phi) is 5.06. The summed E-state index contributed by atoms with van der Waals surface area (Å²) in [7, 11) is 0. The van der Waals surface area contributed by atoms with Crippen molar-refractivity contribution in [1.29, 1.82) is 0 Å². The van der Waals surface area contributed by atoms with Crippen LogP contribution in [0.5, 0.6) is 0 Å². The van der Waals surface area contributed by atoms with Gasteiger partial charge in [-0.1, -0.05) is 24.3 Å². The highest BCUT2D eigenvalue weighted by Gasteiger charge is 2.12. The van der Waals surface area contributed by atoms with Gasteiger partial charge in [-0.15, -0.1) is 0 Å². The molecule has 0 bridgehead atoms. The van der Waals surface area contributed by atoms with Crippen LogP contribution >= 0.6 is 0 Å². The summed E-state index contributed by atoms with van der Waals surface area (Å²) in [6.07, 6.45) is 3.94. The van der Waals surface area contributed by atoms with Crippen LogP contribution in [0.1, 0.15) is 24.0 Å². The van der Waals surface area contributed by atoms with Crippen molar-refractivity contribution >= 4 is 0 Å². The minimum absolute atomic E-state index is 1.14. The second-order valence-electron chi connectivity index (χ2n) is 6.14. The molecule has 20 heavy (non-hydrogen) atoms. The van der Waals surface area contributed by atoms with Gasteiger partial charge in [-0.2, -0.15) is 0 Å². The van der Waals surface area contributed by atoms with E-state index >= 15 is 0 Å². The third kappa shape index (κ3) is 4.05. The fraction of sp³-hybridized carbons (Fsp3) is 0.647. The second-order valence-corrected chi connectivity index (χ2v) is 6.14. The topological polar surface area (TPSA) is 18.5 Å². The van der Waals surface area contributed by atoms with Gasteiger partial charge in [0.1, 0.15) is 0 Å². The molecular weight excluding hydrogens is 246 g/mol. The van der Waals surface area contributed by atoms with E-state index in [1.165, 1.54) is 63.1 Å². The van der Waals surface area contributed by atoms with E-state index in [9.17, 15) is 0 Å². The summed E-state index contributed by atoms with van der Waals surface area (Å²) in [6, 6.07) is 9.22. The first kappa shape index (κ1) is 14.1. The average molecular weight is 273 g/mol. The molecule has 1 N–H and O–H groups in total. The van der Waals surface area contributed by atoms with Crippen molar-refractivity contribution in [2.24, 2.45) is 0 Å². The Balaban J connectivity index is 1.50. The molecule has 0 spiro atoms. The van der Waals surface area contributed by atoms with Gasteiger partial charge in [-0.25, -0.2) is 0 Å². The van der Waals surface area contributed by atoms with E-state index < -0.39 is 0 Å². The molecule has 110 valence electrons. The lowest BCUT2D eigenvalue weighted by atomic mass is 10.1. The molecule has 0 aliphatic carbocycles. The smallest absolute Gasteiger partial charge is 0.0233 e. The molecule has 1 aromatic rings. The van der Waals surface area contributed by atoms with E-state index in [4.69, 9.17) is 0 Å². The first-order valence-electron chi connectivity index (χ1n) is 8.13. The highest BCUT2D eigenvalue weighted by atomic mass is 15.2. The van der Waals surface area contributed by atoms with Gasteiger partial charge >= 0.3 is 0 Å². The Bertz CT molecular complexity index is 406. The Morgan fingerprint density at radius 2 is 1.65 bits per heavy atom. The molecule has 2 heterocycles. The van der Waals surface area contributed by atoms with Gasteiger partial charge in [0.2, 0.25) is 0 Å². The van der Waals surface area contributed by atoms with E-state index in [1.54, 1.807) is 0 Å². The summed E-state index contributed by atoms with van der Waals surface area (Å²) in [4.78, 5) is 5.15. The molecule has 0 radical (unpaired) electrons. The van der Waals surface area contributed by atoms with Crippen molar-refractivity contribution in [2.45, 2.75) is 25.8 Å². The number of hydrogen-bond donors (Lipinski definition) is 1. The molecule has 0 amide bonds. The van der Waals surface area contributed by atoms with Gasteiger partial charge in [0, 0.05) is 39.3 Å². The molecule has 0 unspecified atom stereocenters. The third-order valence-corrected chi connectivity index (χ3v) is 4.52. The minimum Gasteiger partial charge on any atom is -0.314 e. The van der Waals surface area contributed by atoms with E-state index in [-0.39, 0.29) is 0 Å². The standard InChI is InChI=1S/C17H27N3/c1-2-10-20(9-1)15-17-5-3-4-16(14-17)6-11-19-12-7-18-8-13-19/h3-5,14,18H,1-2,6-13,15H2. The number of nitrogens with zero attached hydrogens (tertiary/aromatic N) is 2. The molecular formula is C17H27N3. The van der Waals surface area contributed by atoms with Crippen molar-refractivity contribution in [3.05, 3.63) is 35.4 Å². The quantitative estimate of drug-likeness (QED) is 0.881. The first-order valence-corrected chi connectivity index (χ1v) is 8.13. The van der Waals surface area contributed by atoms with Gasteiger partial charge < -0.3 is 10.2 Å². The van der Waals surface area contributed by atoms with E-state index in [2.05, 4.69) is 39.4 Å². The van der Waals surface area contributed by atoms with Crippen LogP contribution < -0.4 is 5.32 Å². The normalized spacial score (nSPS) is 21.4. The van der Waals surface area contributed by atoms with Crippen molar-refractivity contribution < 1.29 is 0 Å². The molecule has 2 fully saturated rings. The first-order chi connectivity index (χ1) is 9.90. The van der Waals surface area contributed by atoms with Crippen LogP contribution in [0.3, 0.4) is 0 Å². The van der Waals surface area contributed by atoms with Crippen molar-refractivity contribution in [3.63, 3.8) is 0 Å². The van der Waals surface area contributed by atoms with Gasteiger partial charge in [-0.05, 0) is 43.5 Å². The summed E-state index contributed by atoms with van der Waals surface area (Å²) >= 11 is 0. The Labute approximate surface area is 123 Å². The zero-order chi connectivity index (χ0) is 13.6. The largest absolute Gasteiger partial charge is 0.314 e. The lowest BCUT2D eigenvalue weighted by Crippen LogP contribution is -2.44. The van der Waals surface area contributed by atoms with Crippen LogP contribution in [-0.2, 0) is 13.0 Å². The Hall–Kier alpha value is -0.900. The maximum atomic E-state index is 3.42. The van der Waals surface area contributed by atoms with Gasteiger partial charge in [0.15, 0.2) is 0 Å². The molecule has 1 aromatic carbocycles. The number of nitrogens with one attached hydrogen (secondary N) is 1. The van der Waals surface area contributed by atoms with Crippen LogP contribution in [0, 0.1) is 0 Å². The van der Waals surface area contributed by atoms with Crippen LogP contribution in [0.4, 0.5) is 0 Å². The predicted octanol–water partition coefficient (Wildman–Crippen LogP) is 1.73. The van der Waals surface area contributed by atoms with Gasteiger partial charge in [0.25, 0.3) is 0 Å². The van der Waals surface area contributed by atoms with E-state index in [0.717, 1.165) is 19.6 Å². The summed E-state index contributed by atoms with van der Waals surface area (Å²) in [5.41, 5.74) is 2.99. The van der Waals surface area contributed by atoms with Crippen LogP contribution in [-0.4, -0.2) is 55.6 Å². The highest BCUT2D eigenvalue weighted by molar-refractivity contribution is 5.23. The van der Waals surface area contributed by atoms with Gasteiger partial charge in [-0.3, -0.25) is 4.90 Å². The molecule has 3 heteroatoms. The van der Waals surface area contributed by atoms with Crippen molar-refractivity contribution in [3.8, 4) is 0 Å². The summed E-state index contributed by atoms with van der Waals surface area (Å²) < 4.78 is 0. The molecule has 0 aromatic heterocycles. The molecule has 2 saturated heterocycles. The third-order valence-electron chi connectivity index (χ3n) is 4.52. The molecule has 2 aliphatic heterocycles. The number of benzene rings is 1. The monoisotopic (exact) mass is 273 g/mol. The highest BCUT2D eigenvalue weighted by Crippen LogP contribution is 2.14. The fourth-order valence-electron chi connectivity index (χ4n) is 3.30. The zero-order valence-electron chi connectivity index (χ0n) is 12.5. The number of likely N-dealkylation sites (tertiary alicyclic amines) is 1. The minimum atomic E-state index is 1.14. The number of hydrogen-bond acceptors (Lipinski definition) is 3. The predicted molar refractivity (Wildman–Crippen MR) is 84.0 cm³/mol. The Morgan fingerprint density at radius 1 is 0.900 bits per heavy atom. The molecule has 0 atom stereocenters. The SMILES string of the molecule is c1cc(CCN2CCNCC2)cc(CN2CCCC2)c1. The molecule has 3 nitrogen and oxygen atoms in total. The molecule has 0 saturated carbocycles. The lowest BCUT2D eigenvalue weighted by Gasteiger charge is -2.27. The van der Waals surface area contributed by atoms with Crippen molar-refractivity contribution in [2.75, 3.05) is 45.8 Å². The average Bonchev–Trinajstić information content (AvgIpc) is 3.00. The zero-order valence-corrected chi connectivity index (χ0v) is 12.5. The van der Waals surface area contributed by atoms with Crippen LogP contribution in [0.15, 0.2) is 24.3 Å². The molecule has 2 aliphatic rings. The van der Waals surface area contributed by atoms with Crippen LogP contribution in [0.25, 0.3) is 0 Å². The van der Waals surface area contributed by atoms with Gasteiger partial charge in [0.05, 0.1) is 0 Å². The number of piperazine rings is 1. The maximum Gasteiger partial charge on any atom is 0.0233 e. The number of rotatable bonds is 5. The van der Waals surface area contributed by atoms with Crippen LogP contribution in [0.2, 0.25) is 0 Å². The fourth-order valence-corrected chi connectivity index (χ4v) is 3.30. The van der Waals surface area contributed by atoms with E-state index in [1.807, 2.05) is 0 Å². The Morgan fingerprint density at radius 3 is 2.45 bits per heavy atom. The lowest BCUT2D eigenvalue weighted by molar-refractivity contribution is 0.244. The maximum absolute atomic E-state index is 3.42.